The second-order valence-corrected chi connectivity index (χ2v) is 7.77. The van der Waals surface area contributed by atoms with Crippen LogP contribution >= 0.6 is 0 Å². The van der Waals surface area contributed by atoms with Crippen molar-refractivity contribution in [2.24, 2.45) is 4.99 Å². The summed E-state index contributed by atoms with van der Waals surface area (Å²) in [4.78, 5) is 8.15. The van der Waals surface area contributed by atoms with Gasteiger partial charge >= 0.3 is 0 Å². The van der Waals surface area contributed by atoms with Crippen LogP contribution in [-0.2, 0) is 0 Å². The Morgan fingerprint density at radius 2 is 2.03 bits per heavy atom. The van der Waals surface area contributed by atoms with E-state index in [1.165, 1.54) is 36.1 Å². The zero-order valence-electron chi connectivity index (χ0n) is 18.6. The van der Waals surface area contributed by atoms with Crippen LogP contribution in [0.15, 0.2) is 35.6 Å². The maximum atomic E-state index is 14.3. The fourth-order valence-electron chi connectivity index (χ4n) is 3.34. The van der Waals surface area contributed by atoms with Crippen LogP contribution in [0.4, 0.5) is 16.2 Å². The summed E-state index contributed by atoms with van der Waals surface area (Å²) in [6.07, 6.45) is 13.5. The highest BCUT2D eigenvalue weighted by Gasteiger charge is 2.22. The summed E-state index contributed by atoms with van der Waals surface area (Å²) in [6, 6.07) is 0. The summed E-state index contributed by atoms with van der Waals surface area (Å²) in [5, 5.41) is 24.3. The maximum absolute atomic E-state index is 14.3. The van der Waals surface area contributed by atoms with E-state index in [0.717, 1.165) is 12.8 Å². The molecule has 0 aliphatic heterocycles. The fourth-order valence-corrected chi connectivity index (χ4v) is 3.34. The van der Waals surface area contributed by atoms with Crippen LogP contribution in [0, 0.1) is 11.2 Å². The number of anilines is 2. The highest BCUT2D eigenvalue weighted by atomic mass is 19.1. The fraction of sp³-hybridized carbons (Fsp3) is 0.455. The first-order valence-corrected chi connectivity index (χ1v) is 10.4. The van der Waals surface area contributed by atoms with Crippen molar-refractivity contribution < 1.29 is 9.50 Å². The van der Waals surface area contributed by atoms with Gasteiger partial charge in [-0.2, -0.15) is 4.98 Å². The maximum Gasteiger partial charge on any atom is 0.240 e. The molecule has 0 saturated heterocycles. The number of nitrogens with zero attached hydrogens (tertiary/aromatic N) is 4. The third-order valence-corrected chi connectivity index (χ3v) is 4.96. The Labute approximate surface area is 182 Å². The molecular weight excluding hydrogens is 397 g/mol. The molecule has 0 bridgehead atoms. The van der Waals surface area contributed by atoms with Crippen molar-refractivity contribution in [1.82, 2.24) is 14.6 Å². The lowest BCUT2D eigenvalue weighted by Crippen LogP contribution is -2.26. The molecular formula is C22H32FN7O. The van der Waals surface area contributed by atoms with E-state index in [-0.39, 0.29) is 22.8 Å². The van der Waals surface area contributed by atoms with E-state index in [0.29, 0.717) is 17.0 Å². The summed E-state index contributed by atoms with van der Waals surface area (Å²) >= 11 is 0. The molecule has 0 amide bonds. The number of fused-ring (bicyclic) bond motifs is 1. The first-order valence-electron chi connectivity index (χ1n) is 10.4. The number of aliphatic imine (C=N–C) groups is 1. The lowest BCUT2D eigenvalue weighted by atomic mass is 9.87. The minimum Gasteiger partial charge on any atom is -0.390 e. The topological polar surface area (TPSA) is 125 Å². The van der Waals surface area contributed by atoms with Gasteiger partial charge in [0.15, 0.2) is 11.6 Å². The van der Waals surface area contributed by atoms with E-state index in [2.05, 4.69) is 20.4 Å². The third kappa shape index (κ3) is 6.71. The summed E-state index contributed by atoms with van der Waals surface area (Å²) in [5.74, 6) is -0.201. The normalized spacial score (nSPS) is 16.5. The second-order valence-electron chi connectivity index (χ2n) is 7.77. The quantitative estimate of drug-likeness (QED) is 0.532. The average molecular weight is 430 g/mol. The molecule has 2 aromatic heterocycles. The van der Waals surface area contributed by atoms with Crippen molar-refractivity contribution in [3.63, 3.8) is 0 Å². The second kappa shape index (κ2) is 10.8. The molecule has 0 radical (unpaired) electrons. The molecule has 9 heteroatoms. The predicted octanol–water partition coefficient (Wildman–Crippen LogP) is 4.11. The van der Waals surface area contributed by atoms with Gasteiger partial charge in [0.25, 0.3) is 0 Å². The van der Waals surface area contributed by atoms with Gasteiger partial charge in [-0.05, 0) is 45.8 Å². The Hall–Kier alpha value is -3.07. The molecule has 2 aromatic rings. The van der Waals surface area contributed by atoms with Crippen molar-refractivity contribution in [1.29, 1.82) is 5.41 Å². The molecule has 0 unspecified atom stereocenters. The van der Waals surface area contributed by atoms with Crippen molar-refractivity contribution in [2.45, 2.75) is 58.5 Å². The minimum absolute atomic E-state index is 0.00935. The van der Waals surface area contributed by atoms with Gasteiger partial charge in [-0.25, -0.2) is 8.91 Å². The predicted molar refractivity (Wildman–Crippen MR) is 125 cm³/mol. The molecule has 31 heavy (non-hydrogen) atoms. The van der Waals surface area contributed by atoms with Crippen LogP contribution in [0.1, 0.15) is 58.4 Å². The first-order chi connectivity index (χ1) is 14.7. The first kappa shape index (κ1) is 24.2. The number of halogens is 1. The van der Waals surface area contributed by atoms with E-state index in [1.807, 2.05) is 13.8 Å². The van der Waals surface area contributed by atoms with Gasteiger partial charge in [0, 0.05) is 19.0 Å². The number of aromatic nitrogens is 3. The number of hydrogen-bond acceptors (Lipinski definition) is 7. The number of nitrogen functional groups attached to an aromatic ring is 1. The number of rotatable bonds is 5. The van der Waals surface area contributed by atoms with E-state index in [4.69, 9.17) is 11.1 Å². The zero-order chi connectivity index (χ0) is 23.0. The van der Waals surface area contributed by atoms with Crippen LogP contribution in [0.2, 0.25) is 0 Å². The van der Waals surface area contributed by atoms with Crippen LogP contribution in [0.5, 0.6) is 0 Å². The molecule has 0 aromatic carbocycles. The minimum atomic E-state index is -0.570. The zero-order valence-corrected chi connectivity index (χ0v) is 18.6. The van der Waals surface area contributed by atoms with Gasteiger partial charge in [0.1, 0.15) is 5.52 Å². The largest absolute Gasteiger partial charge is 0.390 e. The van der Waals surface area contributed by atoms with Crippen LogP contribution in [0.3, 0.4) is 0 Å². The summed E-state index contributed by atoms with van der Waals surface area (Å²) in [5.41, 5.74) is 6.41. The van der Waals surface area contributed by atoms with Crippen molar-refractivity contribution >= 4 is 28.7 Å². The van der Waals surface area contributed by atoms with E-state index < -0.39 is 5.82 Å². The number of allylic oxidation sites excluding steroid dienone is 3. The van der Waals surface area contributed by atoms with E-state index in [9.17, 15) is 9.50 Å². The summed E-state index contributed by atoms with van der Waals surface area (Å²) < 4.78 is 15.5. The van der Waals surface area contributed by atoms with Crippen LogP contribution < -0.4 is 11.1 Å². The molecule has 168 valence electrons. The SMILES string of the molecule is CC1(O)CCCCC1.C\C=C/N=C(C)\C=C/C(=N)c1c(F)cn2nc(N)nc(NC)c12. The molecule has 0 spiro atoms. The smallest absolute Gasteiger partial charge is 0.240 e. The molecule has 5 N–H and O–H groups in total. The van der Waals surface area contributed by atoms with Gasteiger partial charge < -0.3 is 21.6 Å². The number of hydrogen-bond donors (Lipinski definition) is 4. The molecule has 1 fully saturated rings. The van der Waals surface area contributed by atoms with E-state index >= 15 is 0 Å². The number of nitrogens with two attached hydrogens (primary N) is 1. The molecule has 8 nitrogen and oxygen atoms in total. The molecule has 1 saturated carbocycles. The molecule has 2 heterocycles. The van der Waals surface area contributed by atoms with Crippen molar-refractivity contribution in [3.05, 3.63) is 42.0 Å². The summed E-state index contributed by atoms with van der Waals surface area (Å²) in [6.45, 7) is 5.59. The Balaban J connectivity index is 0.000000357. The number of aliphatic hydroxyl groups is 1. The monoisotopic (exact) mass is 429 g/mol. The van der Waals surface area contributed by atoms with E-state index in [1.54, 1.807) is 32.3 Å². The molecule has 1 aliphatic rings. The highest BCUT2D eigenvalue weighted by molar-refractivity contribution is 6.15. The molecule has 0 atom stereocenters. The lowest BCUT2D eigenvalue weighted by molar-refractivity contribution is 0.0225. The highest BCUT2D eigenvalue weighted by Crippen LogP contribution is 2.26. The Morgan fingerprint density at radius 1 is 1.35 bits per heavy atom. The lowest BCUT2D eigenvalue weighted by Gasteiger charge is -2.27. The standard InChI is InChI=1S/C15H18FN7.C7H14O/c1-4-7-20-9(2)5-6-11(17)12-10(16)8-23-13(12)14(19-3)21-15(18)22-23;1-7(8)5-3-2-4-6-7/h4-8,17H,1-3H3,(H3,18,19,21,22);8H,2-6H2,1H3/b6-5-,7-4-,17-11?,20-9-;. The van der Waals surface area contributed by atoms with Gasteiger partial charge in [0.05, 0.1) is 23.1 Å². The summed E-state index contributed by atoms with van der Waals surface area (Å²) in [7, 11) is 1.64. The Bertz CT molecular complexity index is 997. The molecule has 1 aliphatic carbocycles. The van der Waals surface area contributed by atoms with Gasteiger partial charge in [-0.15, -0.1) is 5.10 Å². The Kier molecular flexibility index (Phi) is 8.44. The van der Waals surface area contributed by atoms with Gasteiger partial charge in [0.2, 0.25) is 5.95 Å². The van der Waals surface area contributed by atoms with Crippen LogP contribution in [-0.4, -0.2) is 43.8 Å². The number of nitrogens with one attached hydrogen (secondary N) is 2. The van der Waals surface area contributed by atoms with Gasteiger partial charge in [-0.3, -0.25) is 4.99 Å². The Morgan fingerprint density at radius 3 is 2.58 bits per heavy atom. The average Bonchev–Trinajstić information content (AvgIpc) is 3.05. The van der Waals surface area contributed by atoms with Crippen molar-refractivity contribution in [2.75, 3.05) is 18.1 Å². The van der Waals surface area contributed by atoms with Crippen molar-refractivity contribution in [3.8, 4) is 0 Å². The van der Waals surface area contributed by atoms with Crippen LogP contribution in [0.25, 0.3) is 5.52 Å². The molecule has 3 rings (SSSR count). The third-order valence-electron chi connectivity index (χ3n) is 4.96. The van der Waals surface area contributed by atoms with Gasteiger partial charge in [-0.1, -0.05) is 25.3 Å².